The lowest BCUT2D eigenvalue weighted by molar-refractivity contribution is 0.143. The van der Waals surface area contributed by atoms with Crippen LogP contribution in [0.5, 0.6) is 0 Å². The van der Waals surface area contributed by atoms with E-state index in [4.69, 9.17) is 10.8 Å². The second-order valence-electron chi connectivity index (χ2n) is 4.47. The molecule has 0 aliphatic carbocycles. The molecule has 0 radical (unpaired) electrons. The van der Waals surface area contributed by atoms with E-state index in [1.54, 1.807) is 0 Å². The molecule has 1 aliphatic heterocycles. The Labute approximate surface area is 92.8 Å². The fourth-order valence-corrected chi connectivity index (χ4v) is 2.16. The van der Waals surface area contributed by atoms with Crippen molar-refractivity contribution in [3.63, 3.8) is 0 Å². The number of nitrogens with one attached hydrogen (secondary N) is 1. The molecule has 0 bridgehead atoms. The predicted molar refractivity (Wildman–Crippen MR) is 62.3 cm³/mol. The third kappa shape index (κ3) is 5.47. The summed E-state index contributed by atoms with van der Waals surface area (Å²) in [5, 5.41) is 11.6. The van der Waals surface area contributed by atoms with Crippen LogP contribution in [0.25, 0.3) is 0 Å². The van der Waals surface area contributed by atoms with Crippen molar-refractivity contribution in [1.29, 1.82) is 0 Å². The molecule has 90 valence electrons. The minimum atomic E-state index is -0.860. The molecule has 2 atom stereocenters. The number of nitrogens with zero attached hydrogens (tertiary/aromatic N) is 1. The Bertz CT molecular complexity index is 164. The molecule has 0 amide bonds. The molecule has 1 fully saturated rings. The van der Waals surface area contributed by atoms with E-state index in [1.807, 2.05) is 0 Å². The van der Waals surface area contributed by atoms with Crippen molar-refractivity contribution >= 4 is 0 Å². The molecule has 1 saturated heterocycles. The number of likely N-dealkylation sites (tertiary alicyclic amines) is 1. The Morgan fingerprint density at radius 2 is 2.33 bits per heavy atom. The Balaban J connectivity index is 1.92. The van der Waals surface area contributed by atoms with Crippen LogP contribution in [0.3, 0.4) is 0 Å². The fraction of sp³-hybridized carbons (Fsp3) is 1.00. The van der Waals surface area contributed by atoms with Crippen molar-refractivity contribution in [2.75, 3.05) is 26.2 Å². The van der Waals surface area contributed by atoms with Gasteiger partial charge in [-0.25, -0.2) is 0 Å². The molecule has 1 heterocycles. The van der Waals surface area contributed by atoms with Gasteiger partial charge in [0.2, 0.25) is 0 Å². The van der Waals surface area contributed by atoms with Crippen LogP contribution in [0.15, 0.2) is 0 Å². The molecule has 0 aromatic heterocycles. The molecule has 1 aliphatic rings. The first-order chi connectivity index (χ1) is 7.22. The number of aliphatic hydroxyl groups is 1. The van der Waals surface area contributed by atoms with Crippen LogP contribution < -0.4 is 11.1 Å². The van der Waals surface area contributed by atoms with E-state index in [2.05, 4.69) is 17.1 Å². The van der Waals surface area contributed by atoms with Crippen LogP contribution in [-0.4, -0.2) is 42.5 Å². The third-order valence-electron chi connectivity index (χ3n) is 3.20. The van der Waals surface area contributed by atoms with Gasteiger partial charge < -0.3 is 10.0 Å². The molecule has 15 heavy (non-hydrogen) atoms. The summed E-state index contributed by atoms with van der Waals surface area (Å²) in [6.45, 7) is 6.83. The van der Waals surface area contributed by atoms with Gasteiger partial charge in [-0.1, -0.05) is 13.3 Å². The van der Waals surface area contributed by atoms with Gasteiger partial charge in [0.05, 0.1) is 0 Å². The minimum absolute atomic E-state index is 0.808. The van der Waals surface area contributed by atoms with Crippen molar-refractivity contribution in [1.82, 2.24) is 10.2 Å². The van der Waals surface area contributed by atoms with Gasteiger partial charge in [0.25, 0.3) is 0 Å². The van der Waals surface area contributed by atoms with E-state index < -0.39 is 6.35 Å². The largest absolute Gasteiger partial charge is 0.366 e. The molecule has 0 saturated carbocycles. The van der Waals surface area contributed by atoms with Crippen LogP contribution in [0.4, 0.5) is 0 Å². The van der Waals surface area contributed by atoms with Crippen LogP contribution in [0, 0.1) is 5.92 Å². The highest BCUT2D eigenvalue weighted by atomic mass is 16.3. The van der Waals surface area contributed by atoms with Gasteiger partial charge >= 0.3 is 0 Å². The van der Waals surface area contributed by atoms with Crippen molar-refractivity contribution in [3.05, 3.63) is 0 Å². The topological polar surface area (TPSA) is 61.5 Å². The van der Waals surface area contributed by atoms with Crippen molar-refractivity contribution in [3.8, 4) is 0 Å². The monoisotopic (exact) mass is 215 g/mol. The summed E-state index contributed by atoms with van der Waals surface area (Å²) in [6.07, 6.45) is 4.10. The van der Waals surface area contributed by atoms with E-state index in [1.165, 1.54) is 38.9 Å². The fourth-order valence-electron chi connectivity index (χ4n) is 2.16. The quantitative estimate of drug-likeness (QED) is 0.423. The average Bonchev–Trinajstić information content (AvgIpc) is 2.65. The number of hydrogen-bond acceptors (Lipinski definition) is 4. The molecule has 2 unspecified atom stereocenters. The molecule has 0 spiro atoms. The molecular weight excluding hydrogens is 190 g/mol. The molecule has 0 aromatic rings. The molecule has 4 heteroatoms. The number of unbranched alkanes of at least 4 members (excludes halogenated alkanes) is 1. The molecular formula is C11H25N3O. The lowest BCUT2D eigenvalue weighted by atomic mass is 10.1. The van der Waals surface area contributed by atoms with Gasteiger partial charge in [0, 0.05) is 6.54 Å². The summed E-state index contributed by atoms with van der Waals surface area (Å²) in [5.41, 5.74) is 5.17. The normalized spacial score (nSPS) is 24.6. The van der Waals surface area contributed by atoms with Gasteiger partial charge in [-0.2, -0.15) is 0 Å². The van der Waals surface area contributed by atoms with Gasteiger partial charge in [-0.15, -0.1) is 0 Å². The standard InChI is InChI=1S/C11H25N3O/c1-2-10-5-8-14(9-10)7-4-3-6-13-11(12)15/h10-11,13,15H,2-9,12H2,1H3. The minimum Gasteiger partial charge on any atom is -0.366 e. The maximum Gasteiger partial charge on any atom is 0.157 e. The van der Waals surface area contributed by atoms with Crippen molar-refractivity contribution < 1.29 is 5.11 Å². The molecule has 1 rings (SSSR count). The number of nitrogens with two attached hydrogens (primary N) is 1. The second-order valence-corrected chi connectivity index (χ2v) is 4.47. The molecule has 4 N–H and O–H groups in total. The second kappa shape index (κ2) is 7.17. The average molecular weight is 215 g/mol. The summed E-state index contributed by atoms with van der Waals surface area (Å²) in [6, 6.07) is 0. The predicted octanol–water partition coefficient (Wildman–Crippen LogP) is 0.323. The summed E-state index contributed by atoms with van der Waals surface area (Å²) >= 11 is 0. The highest BCUT2D eigenvalue weighted by Crippen LogP contribution is 2.18. The summed E-state index contributed by atoms with van der Waals surface area (Å²) in [7, 11) is 0. The molecule has 0 aromatic carbocycles. The Morgan fingerprint density at radius 1 is 1.53 bits per heavy atom. The number of hydrogen-bond donors (Lipinski definition) is 3. The van der Waals surface area contributed by atoms with Gasteiger partial charge in [0.1, 0.15) is 0 Å². The zero-order valence-electron chi connectivity index (χ0n) is 9.78. The Morgan fingerprint density at radius 3 is 2.93 bits per heavy atom. The van der Waals surface area contributed by atoms with Gasteiger partial charge in [-0.3, -0.25) is 11.1 Å². The maximum absolute atomic E-state index is 8.79. The van der Waals surface area contributed by atoms with E-state index >= 15 is 0 Å². The Kier molecular flexibility index (Phi) is 6.17. The first kappa shape index (κ1) is 12.9. The van der Waals surface area contributed by atoms with E-state index in [0.29, 0.717) is 0 Å². The van der Waals surface area contributed by atoms with E-state index in [-0.39, 0.29) is 0 Å². The lowest BCUT2D eigenvalue weighted by Gasteiger charge is -2.15. The van der Waals surface area contributed by atoms with Crippen LogP contribution in [0.2, 0.25) is 0 Å². The highest BCUT2D eigenvalue weighted by molar-refractivity contribution is 4.74. The first-order valence-electron chi connectivity index (χ1n) is 6.11. The summed E-state index contributed by atoms with van der Waals surface area (Å²) in [5.74, 6) is 0.925. The van der Waals surface area contributed by atoms with E-state index in [9.17, 15) is 0 Å². The zero-order valence-corrected chi connectivity index (χ0v) is 9.78. The number of rotatable bonds is 7. The van der Waals surface area contributed by atoms with Gasteiger partial charge in [0.15, 0.2) is 6.35 Å². The van der Waals surface area contributed by atoms with Crippen LogP contribution in [0.1, 0.15) is 32.6 Å². The van der Waals surface area contributed by atoms with Crippen molar-refractivity contribution in [2.24, 2.45) is 11.7 Å². The highest BCUT2D eigenvalue weighted by Gasteiger charge is 2.19. The number of aliphatic hydroxyl groups excluding tert-OH is 1. The first-order valence-corrected chi connectivity index (χ1v) is 6.11. The van der Waals surface area contributed by atoms with Crippen LogP contribution in [-0.2, 0) is 0 Å². The SMILES string of the molecule is CCC1CCN(CCCCNC(N)O)C1. The lowest BCUT2D eigenvalue weighted by Crippen LogP contribution is -2.37. The Hall–Kier alpha value is -0.160. The van der Waals surface area contributed by atoms with E-state index in [0.717, 1.165) is 18.9 Å². The maximum atomic E-state index is 8.79. The smallest absolute Gasteiger partial charge is 0.157 e. The van der Waals surface area contributed by atoms with Gasteiger partial charge in [-0.05, 0) is 44.8 Å². The summed E-state index contributed by atoms with van der Waals surface area (Å²) < 4.78 is 0. The van der Waals surface area contributed by atoms with Crippen molar-refractivity contribution in [2.45, 2.75) is 39.0 Å². The summed E-state index contributed by atoms with van der Waals surface area (Å²) in [4.78, 5) is 2.55. The van der Waals surface area contributed by atoms with Crippen LogP contribution >= 0.6 is 0 Å². The molecule has 4 nitrogen and oxygen atoms in total. The zero-order chi connectivity index (χ0) is 11.1. The third-order valence-corrected chi connectivity index (χ3v) is 3.20.